The zero-order chi connectivity index (χ0) is 20.5. The second kappa shape index (κ2) is 7.35. The lowest BCUT2D eigenvalue weighted by Gasteiger charge is -2.09. The molecule has 3 aromatic rings. The van der Waals surface area contributed by atoms with Gasteiger partial charge >= 0.3 is 0 Å². The van der Waals surface area contributed by atoms with Gasteiger partial charge < -0.3 is 11.1 Å². The minimum absolute atomic E-state index is 0.0665. The minimum Gasteiger partial charge on any atom is -0.382 e. The molecular formula is C19H17FN4O3S. The van der Waals surface area contributed by atoms with Gasteiger partial charge in [-0.3, -0.25) is 4.79 Å². The van der Waals surface area contributed by atoms with E-state index in [-0.39, 0.29) is 17.2 Å². The van der Waals surface area contributed by atoms with E-state index in [4.69, 9.17) is 5.73 Å². The van der Waals surface area contributed by atoms with Crippen LogP contribution in [0.1, 0.15) is 16.1 Å². The van der Waals surface area contributed by atoms with Crippen LogP contribution >= 0.6 is 0 Å². The van der Waals surface area contributed by atoms with Crippen molar-refractivity contribution in [3.8, 4) is 11.3 Å². The number of hydrogen-bond acceptors (Lipinski definition) is 6. The molecule has 0 aliphatic carbocycles. The molecule has 2 aromatic carbocycles. The van der Waals surface area contributed by atoms with Gasteiger partial charge in [0.2, 0.25) is 0 Å². The highest BCUT2D eigenvalue weighted by Crippen LogP contribution is 2.22. The van der Waals surface area contributed by atoms with Crippen LogP contribution in [0.3, 0.4) is 0 Å². The van der Waals surface area contributed by atoms with Crippen molar-refractivity contribution < 1.29 is 17.6 Å². The van der Waals surface area contributed by atoms with Gasteiger partial charge in [-0.1, -0.05) is 29.8 Å². The number of sulfone groups is 1. The topological polar surface area (TPSA) is 115 Å². The Morgan fingerprint density at radius 3 is 2.43 bits per heavy atom. The Balaban J connectivity index is 1.89. The third-order valence-corrected chi connectivity index (χ3v) is 5.08. The van der Waals surface area contributed by atoms with Crippen LogP contribution in [-0.4, -0.2) is 30.5 Å². The molecule has 3 rings (SSSR count). The van der Waals surface area contributed by atoms with E-state index in [1.54, 1.807) is 0 Å². The van der Waals surface area contributed by atoms with Crippen molar-refractivity contribution in [1.29, 1.82) is 0 Å². The number of hydrogen-bond donors (Lipinski definition) is 2. The SMILES string of the molecule is Cc1ccc(-c2cnc(N)c(C(=O)Nc3ccc(S(C)(=O)=O)c(F)c3)n2)cc1. The molecule has 9 heteroatoms. The number of carbonyl (C=O) groups is 1. The molecular weight excluding hydrogens is 383 g/mol. The van der Waals surface area contributed by atoms with Gasteiger partial charge in [0.15, 0.2) is 21.3 Å². The fourth-order valence-electron chi connectivity index (χ4n) is 2.50. The first-order chi connectivity index (χ1) is 13.1. The van der Waals surface area contributed by atoms with Crippen LogP contribution in [0, 0.1) is 12.7 Å². The molecule has 3 N–H and O–H groups in total. The molecule has 0 atom stereocenters. The molecule has 28 heavy (non-hydrogen) atoms. The molecule has 1 amide bonds. The lowest BCUT2D eigenvalue weighted by molar-refractivity contribution is 0.102. The van der Waals surface area contributed by atoms with E-state index >= 15 is 0 Å². The summed E-state index contributed by atoms with van der Waals surface area (Å²) in [5.41, 5.74) is 8.01. The zero-order valence-corrected chi connectivity index (χ0v) is 15.9. The van der Waals surface area contributed by atoms with Crippen LogP contribution in [0.4, 0.5) is 15.9 Å². The average Bonchev–Trinajstić information content (AvgIpc) is 2.62. The van der Waals surface area contributed by atoms with E-state index in [9.17, 15) is 17.6 Å². The van der Waals surface area contributed by atoms with Crippen LogP contribution in [0.15, 0.2) is 53.6 Å². The molecule has 7 nitrogen and oxygen atoms in total. The summed E-state index contributed by atoms with van der Waals surface area (Å²) in [6, 6.07) is 10.8. The number of nitrogens with zero attached hydrogens (tertiary/aromatic N) is 2. The maximum Gasteiger partial charge on any atom is 0.278 e. The lowest BCUT2D eigenvalue weighted by atomic mass is 10.1. The van der Waals surface area contributed by atoms with Crippen molar-refractivity contribution >= 4 is 27.2 Å². The summed E-state index contributed by atoms with van der Waals surface area (Å²) in [6.45, 7) is 1.95. The first kappa shape index (κ1) is 19.4. The molecule has 1 aromatic heterocycles. The van der Waals surface area contributed by atoms with Gasteiger partial charge in [-0.05, 0) is 25.1 Å². The first-order valence-corrected chi connectivity index (χ1v) is 10.0. The van der Waals surface area contributed by atoms with E-state index in [2.05, 4.69) is 15.3 Å². The Morgan fingerprint density at radius 2 is 1.82 bits per heavy atom. The Labute approximate surface area is 161 Å². The smallest absolute Gasteiger partial charge is 0.278 e. The standard InChI is InChI=1S/C19H17FN4O3S/c1-11-3-5-12(6-4-11)15-10-22-18(21)17(24-15)19(25)23-13-7-8-16(14(20)9-13)28(2,26)27/h3-10H,1-2H3,(H2,21,22)(H,23,25). The summed E-state index contributed by atoms with van der Waals surface area (Å²) in [5, 5.41) is 2.45. The third-order valence-electron chi connectivity index (χ3n) is 3.95. The van der Waals surface area contributed by atoms with Crippen molar-refractivity contribution in [3.63, 3.8) is 0 Å². The normalized spacial score (nSPS) is 11.2. The Morgan fingerprint density at radius 1 is 1.14 bits per heavy atom. The molecule has 0 saturated carbocycles. The number of amides is 1. The maximum absolute atomic E-state index is 14.0. The van der Waals surface area contributed by atoms with Crippen molar-refractivity contribution in [2.24, 2.45) is 0 Å². The van der Waals surface area contributed by atoms with Crippen LogP contribution in [0.5, 0.6) is 0 Å². The lowest BCUT2D eigenvalue weighted by Crippen LogP contribution is -2.17. The number of nitrogens with two attached hydrogens (primary N) is 1. The van der Waals surface area contributed by atoms with Crippen LogP contribution in [0.25, 0.3) is 11.3 Å². The van der Waals surface area contributed by atoms with Gasteiger partial charge in [0.05, 0.1) is 11.9 Å². The van der Waals surface area contributed by atoms with Crippen molar-refractivity contribution in [2.75, 3.05) is 17.3 Å². The van der Waals surface area contributed by atoms with Gasteiger partial charge in [-0.25, -0.2) is 22.8 Å². The Kier molecular flexibility index (Phi) is 5.10. The molecule has 1 heterocycles. The predicted molar refractivity (Wildman–Crippen MR) is 104 cm³/mol. The van der Waals surface area contributed by atoms with Gasteiger partial charge in [0.25, 0.3) is 5.91 Å². The highest BCUT2D eigenvalue weighted by molar-refractivity contribution is 7.90. The second-order valence-electron chi connectivity index (χ2n) is 6.23. The minimum atomic E-state index is -3.71. The van der Waals surface area contributed by atoms with Crippen molar-refractivity contribution in [2.45, 2.75) is 11.8 Å². The average molecular weight is 400 g/mol. The fourth-order valence-corrected chi connectivity index (χ4v) is 3.23. The van der Waals surface area contributed by atoms with E-state index < -0.39 is 26.5 Å². The molecule has 0 unspecified atom stereocenters. The summed E-state index contributed by atoms with van der Waals surface area (Å²) in [4.78, 5) is 20.3. The highest BCUT2D eigenvalue weighted by atomic mass is 32.2. The van der Waals surface area contributed by atoms with E-state index in [0.29, 0.717) is 5.69 Å². The van der Waals surface area contributed by atoms with Crippen molar-refractivity contribution in [1.82, 2.24) is 9.97 Å². The molecule has 0 aliphatic rings. The molecule has 0 aliphatic heterocycles. The van der Waals surface area contributed by atoms with E-state index in [1.807, 2.05) is 31.2 Å². The number of aryl methyl sites for hydroxylation is 1. The summed E-state index contributed by atoms with van der Waals surface area (Å²) in [6.07, 6.45) is 2.36. The van der Waals surface area contributed by atoms with E-state index in [0.717, 1.165) is 29.5 Å². The summed E-state index contributed by atoms with van der Waals surface area (Å²) >= 11 is 0. The number of aromatic nitrogens is 2. The maximum atomic E-state index is 14.0. The van der Waals surface area contributed by atoms with Crippen LogP contribution < -0.4 is 11.1 Å². The van der Waals surface area contributed by atoms with Gasteiger partial charge in [0, 0.05) is 17.5 Å². The zero-order valence-electron chi connectivity index (χ0n) is 15.1. The quantitative estimate of drug-likeness (QED) is 0.696. The fraction of sp³-hybridized carbons (Fsp3) is 0.105. The van der Waals surface area contributed by atoms with Crippen LogP contribution in [0.2, 0.25) is 0 Å². The van der Waals surface area contributed by atoms with Gasteiger partial charge in [-0.15, -0.1) is 0 Å². The summed E-state index contributed by atoms with van der Waals surface area (Å²) in [5.74, 6) is -1.74. The summed E-state index contributed by atoms with van der Waals surface area (Å²) in [7, 11) is -3.71. The monoisotopic (exact) mass is 400 g/mol. The van der Waals surface area contributed by atoms with Crippen LogP contribution in [-0.2, 0) is 9.84 Å². The number of halogens is 1. The number of anilines is 2. The number of carbonyl (C=O) groups excluding carboxylic acids is 1. The molecule has 0 radical (unpaired) electrons. The largest absolute Gasteiger partial charge is 0.382 e. The molecule has 144 valence electrons. The molecule has 0 spiro atoms. The van der Waals surface area contributed by atoms with Crippen molar-refractivity contribution in [3.05, 3.63) is 65.7 Å². The third kappa shape index (κ3) is 4.15. The Bertz CT molecular complexity index is 1160. The van der Waals surface area contributed by atoms with Gasteiger partial charge in [0.1, 0.15) is 10.7 Å². The first-order valence-electron chi connectivity index (χ1n) is 8.15. The Hall–Kier alpha value is -3.33. The van der Waals surface area contributed by atoms with E-state index in [1.165, 1.54) is 12.3 Å². The summed E-state index contributed by atoms with van der Waals surface area (Å²) < 4.78 is 37.0. The van der Waals surface area contributed by atoms with Gasteiger partial charge in [-0.2, -0.15) is 0 Å². The number of benzene rings is 2. The molecule has 0 bridgehead atoms. The second-order valence-corrected chi connectivity index (χ2v) is 8.21. The predicted octanol–water partition coefficient (Wildman–Crippen LogP) is 2.83. The highest BCUT2D eigenvalue weighted by Gasteiger charge is 2.18. The number of nitrogen functional groups attached to an aromatic ring is 1. The molecule has 0 saturated heterocycles. The number of rotatable bonds is 4. The molecule has 0 fully saturated rings. The number of nitrogens with one attached hydrogen (secondary N) is 1.